The van der Waals surface area contributed by atoms with Crippen LogP contribution in [0.5, 0.6) is 0 Å². The highest BCUT2D eigenvalue weighted by Gasteiger charge is 2.31. The van der Waals surface area contributed by atoms with E-state index in [0.717, 1.165) is 25.8 Å². The van der Waals surface area contributed by atoms with Crippen molar-refractivity contribution in [2.24, 2.45) is 0 Å². The van der Waals surface area contributed by atoms with Gasteiger partial charge in [0.2, 0.25) is 0 Å². The van der Waals surface area contributed by atoms with Crippen LogP contribution >= 0.6 is 0 Å². The van der Waals surface area contributed by atoms with Crippen molar-refractivity contribution < 1.29 is 4.39 Å². The van der Waals surface area contributed by atoms with Crippen LogP contribution in [0, 0.1) is 5.82 Å². The van der Waals surface area contributed by atoms with Crippen molar-refractivity contribution in [1.29, 1.82) is 0 Å². The molecule has 0 aliphatic heterocycles. The van der Waals surface area contributed by atoms with Gasteiger partial charge in [0.1, 0.15) is 6.33 Å². The average molecular weight is 223 g/mol. The van der Waals surface area contributed by atoms with Crippen LogP contribution in [0.2, 0.25) is 0 Å². The fourth-order valence-corrected chi connectivity index (χ4v) is 1.93. The molecule has 4 heteroatoms. The molecule has 1 fully saturated rings. The molecule has 0 aromatic carbocycles. The minimum Gasteiger partial charge on any atom is -0.351 e. The van der Waals surface area contributed by atoms with E-state index in [1.165, 1.54) is 6.33 Å². The first kappa shape index (κ1) is 11.3. The Balaban J connectivity index is 2.29. The number of rotatable bonds is 5. The van der Waals surface area contributed by atoms with Crippen LogP contribution in [0.15, 0.2) is 6.33 Å². The molecule has 1 saturated carbocycles. The molecule has 1 aliphatic rings. The highest BCUT2D eigenvalue weighted by Crippen LogP contribution is 2.32. The lowest BCUT2D eigenvalue weighted by Crippen LogP contribution is -2.28. The topological polar surface area (TPSA) is 29.0 Å². The SMILES string of the molecule is CCCN(c1ncnc(CC)c1F)C1CC1. The highest BCUT2D eigenvalue weighted by molar-refractivity contribution is 5.43. The van der Waals surface area contributed by atoms with E-state index in [1.54, 1.807) is 0 Å². The van der Waals surface area contributed by atoms with Crippen molar-refractivity contribution in [2.75, 3.05) is 11.4 Å². The summed E-state index contributed by atoms with van der Waals surface area (Å²) < 4.78 is 14.1. The first-order chi connectivity index (χ1) is 7.77. The smallest absolute Gasteiger partial charge is 0.187 e. The van der Waals surface area contributed by atoms with E-state index in [0.29, 0.717) is 24.0 Å². The second-order valence-electron chi connectivity index (χ2n) is 4.24. The highest BCUT2D eigenvalue weighted by atomic mass is 19.1. The molecule has 1 aromatic rings. The third kappa shape index (κ3) is 2.15. The molecule has 0 spiro atoms. The summed E-state index contributed by atoms with van der Waals surface area (Å²) in [5.41, 5.74) is 0.520. The monoisotopic (exact) mass is 223 g/mol. The van der Waals surface area contributed by atoms with E-state index >= 15 is 0 Å². The van der Waals surface area contributed by atoms with E-state index in [2.05, 4.69) is 21.8 Å². The minimum absolute atomic E-state index is 0.231. The van der Waals surface area contributed by atoms with E-state index in [-0.39, 0.29) is 5.82 Å². The Morgan fingerprint density at radius 1 is 1.38 bits per heavy atom. The van der Waals surface area contributed by atoms with Gasteiger partial charge in [0, 0.05) is 12.6 Å². The van der Waals surface area contributed by atoms with Crippen molar-refractivity contribution in [2.45, 2.75) is 45.6 Å². The first-order valence-electron chi connectivity index (χ1n) is 6.03. The summed E-state index contributed by atoms with van der Waals surface area (Å²) >= 11 is 0. The van der Waals surface area contributed by atoms with E-state index in [4.69, 9.17) is 0 Å². The first-order valence-corrected chi connectivity index (χ1v) is 6.03. The molecular weight excluding hydrogens is 205 g/mol. The fourth-order valence-electron chi connectivity index (χ4n) is 1.93. The average Bonchev–Trinajstić information content (AvgIpc) is 3.11. The zero-order chi connectivity index (χ0) is 11.5. The Morgan fingerprint density at radius 3 is 2.69 bits per heavy atom. The molecule has 0 bridgehead atoms. The summed E-state index contributed by atoms with van der Waals surface area (Å²) in [6, 6.07) is 0.494. The normalized spacial score (nSPS) is 15.2. The van der Waals surface area contributed by atoms with Gasteiger partial charge < -0.3 is 4.90 Å². The van der Waals surface area contributed by atoms with Crippen LogP contribution in [-0.2, 0) is 6.42 Å². The van der Waals surface area contributed by atoms with Gasteiger partial charge in [-0.25, -0.2) is 14.4 Å². The van der Waals surface area contributed by atoms with Gasteiger partial charge in [0.15, 0.2) is 11.6 Å². The Bertz CT molecular complexity index is 363. The van der Waals surface area contributed by atoms with E-state index in [9.17, 15) is 4.39 Å². The second kappa shape index (κ2) is 4.76. The van der Waals surface area contributed by atoms with E-state index in [1.807, 2.05) is 6.92 Å². The van der Waals surface area contributed by atoms with Crippen LogP contribution < -0.4 is 4.90 Å². The molecule has 0 unspecified atom stereocenters. The minimum atomic E-state index is -0.231. The summed E-state index contributed by atoms with van der Waals surface area (Å²) in [6.45, 7) is 4.90. The quantitative estimate of drug-likeness (QED) is 0.768. The van der Waals surface area contributed by atoms with Crippen LogP contribution in [0.1, 0.15) is 38.8 Å². The van der Waals surface area contributed by atoms with Gasteiger partial charge >= 0.3 is 0 Å². The van der Waals surface area contributed by atoms with Crippen molar-refractivity contribution in [1.82, 2.24) is 9.97 Å². The van der Waals surface area contributed by atoms with Crippen molar-refractivity contribution in [3.05, 3.63) is 17.8 Å². The maximum Gasteiger partial charge on any atom is 0.187 e. The number of aryl methyl sites for hydroxylation is 1. The number of halogens is 1. The van der Waals surface area contributed by atoms with Crippen LogP contribution in [0.25, 0.3) is 0 Å². The Labute approximate surface area is 95.7 Å². The predicted molar refractivity (Wildman–Crippen MR) is 62.0 cm³/mol. The summed E-state index contributed by atoms with van der Waals surface area (Å²) in [6.07, 6.45) is 5.42. The molecule has 1 aliphatic carbocycles. The molecule has 0 radical (unpaired) electrons. The zero-order valence-electron chi connectivity index (χ0n) is 9.91. The number of aromatic nitrogens is 2. The summed E-state index contributed by atoms with van der Waals surface area (Å²) in [5.74, 6) is 0.265. The van der Waals surface area contributed by atoms with Gasteiger partial charge in [0.05, 0.1) is 5.69 Å². The van der Waals surface area contributed by atoms with Crippen LogP contribution in [0.4, 0.5) is 10.2 Å². The second-order valence-corrected chi connectivity index (χ2v) is 4.24. The summed E-state index contributed by atoms with van der Waals surface area (Å²) in [5, 5.41) is 0. The third-order valence-electron chi connectivity index (χ3n) is 2.90. The van der Waals surface area contributed by atoms with Crippen LogP contribution in [-0.4, -0.2) is 22.6 Å². The zero-order valence-corrected chi connectivity index (χ0v) is 9.91. The molecule has 0 atom stereocenters. The lowest BCUT2D eigenvalue weighted by Gasteiger charge is -2.23. The summed E-state index contributed by atoms with van der Waals surface area (Å²) in [4.78, 5) is 10.2. The van der Waals surface area contributed by atoms with Gasteiger partial charge in [-0.2, -0.15) is 0 Å². The predicted octanol–water partition coefficient (Wildman–Crippen LogP) is 2.56. The molecule has 3 nitrogen and oxygen atoms in total. The Hall–Kier alpha value is -1.19. The molecule has 88 valence electrons. The Kier molecular flexibility index (Phi) is 3.36. The fraction of sp³-hybridized carbons (Fsp3) is 0.667. The molecule has 1 heterocycles. The lowest BCUT2D eigenvalue weighted by atomic mass is 10.3. The molecule has 0 N–H and O–H groups in total. The van der Waals surface area contributed by atoms with Crippen molar-refractivity contribution >= 4 is 5.82 Å². The molecule has 0 amide bonds. The van der Waals surface area contributed by atoms with E-state index < -0.39 is 0 Å². The van der Waals surface area contributed by atoms with Gasteiger partial charge in [-0.3, -0.25) is 0 Å². The maximum atomic E-state index is 14.1. The molecule has 1 aromatic heterocycles. The largest absolute Gasteiger partial charge is 0.351 e. The number of hydrogen-bond donors (Lipinski definition) is 0. The van der Waals surface area contributed by atoms with Crippen molar-refractivity contribution in [3.63, 3.8) is 0 Å². The number of anilines is 1. The molecule has 2 rings (SSSR count). The maximum absolute atomic E-state index is 14.1. The summed E-state index contributed by atoms with van der Waals surface area (Å²) in [7, 11) is 0. The third-order valence-corrected chi connectivity index (χ3v) is 2.90. The van der Waals surface area contributed by atoms with Gasteiger partial charge in [-0.05, 0) is 25.7 Å². The van der Waals surface area contributed by atoms with Gasteiger partial charge in [-0.15, -0.1) is 0 Å². The molecule has 0 saturated heterocycles. The van der Waals surface area contributed by atoms with Gasteiger partial charge in [0.25, 0.3) is 0 Å². The standard InChI is InChI=1S/C12H18FN3/c1-3-7-16(9-5-6-9)12-11(13)10(4-2)14-8-15-12/h8-9H,3-7H2,1-2H3. The number of hydrogen-bond acceptors (Lipinski definition) is 3. The Morgan fingerprint density at radius 2 is 2.12 bits per heavy atom. The lowest BCUT2D eigenvalue weighted by molar-refractivity contribution is 0.579. The molecule has 16 heavy (non-hydrogen) atoms. The van der Waals surface area contributed by atoms with Crippen LogP contribution in [0.3, 0.4) is 0 Å². The number of nitrogens with zero attached hydrogens (tertiary/aromatic N) is 3. The van der Waals surface area contributed by atoms with Crippen molar-refractivity contribution in [3.8, 4) is 0 Å². The van der Waals surface area contributed by atoms with Gasteiger partial charge in [-0.1, -0.05) is 13.8 Å². The molecular formula is C12H18FN3.